The first-order valence-corrected chi connectivity index (χ1v) is 11.4. The summed E-state index contributed by atoms with van der Waals surface area (Å²) in [5, 5.41) is 0. The van der Waals surface area contributed by atoms with Crippen LogP contribution in [-0.2, 0) is 10.0 Å². The van der Waals surface area contributed by atoms with Gasteiger partial charge in [0.2, 0.25) is 10.0 Å². The van der Waals surface area contributed by atoms with Gasteiger partial charge >= 0.3 is 0 Å². The lowest BCUT2D eigenvalue weighted by atomic mass is 9.92. The molecule has 1 aliphatic carbocycles. The molecule has 0 heterocycles. The Kier molecular flexibility index (Phi) is 7.14. The molecule has 0 bridgehead atoms. The molecule has 1 saturated carbocycles. The molecule has 0 aromatic heterocycles. The fraction of sp³-hybridized carbons (Fsp3) is 0.636. The summed E-state index contributed by atoms with van der Waals surface area (Å²) in [6.45, 7) is 11.1. The number of ether oxygens (including phenoxy) is 1. The van der Waals surface area contributed by atoms with Crippen molar-refractivity contribution in [2.45, 2.75) is 77.2 Å². The summed E-state index contributed by atoms with van der Waals surface area (Å²) in [5.74, 6) is 1.25. The lowest BCUT2D eigenvalue weighted by Crippen LogP contribution is -2.43. The highest BCUT2D eigenvalue weighted by atomic mass is 32.2. The topological polar surface area (TPSA) is 55.4 Å². The molecular formula is C22H35NO3S. The highest BCUT2D eigenvalue weighted by Gasteiger charge is 2.26. The number of hydrogen-bond donors (Lipinski definition) is 1. The van der Waals surface area contributed by atoms with Crippen LogP contribution in [0.15, 0.2) is 41.3 Å². The van der Waals surface area contributed by atoms with Gasteiger partial charge in [0.15, 0.2) is 0 Å². The summed E-state index contributed by atoms with van der Waals surface area (Å²) < 4.78 is 34.1. The first kappa shape index (κ1) is 22.0. The molecule has 0 saturated heterocycles. The fourth-order valence-corrected chi connectivity index (χ4v) is 4.18. The van der Waals surface area contributed by atoms with Crippen LogP contribution in [-0.4, -0.2) is 20.6 Å². The van der Waals surface area contributed by atoms with E-state index in [1.165, 1.54) is 12.8 Å². The third-order valence-corrected chi connectivity index (χ3v) is 6.24. The van der Waals surface area contributed by atoms with Crippen molar-refractivity contribution in [1.82, 2.24) is 4.72 Å². The normalized spacial score (nSPS) is 16.0. The second-order valence-electron chi connectivity index (χ2n) is 9.49. The summed E-state index contributed by atoms with van der Waals surface area (Å²) in [5.41, 5.74) is -0.240. The molecule has 5 heteroatoms. The molecule has 27 heavy (non-hydrogen) atoms. The fourth-order valence-electron chi connectivity index (χ4n) is 2.70. The van der Waals surface area contributed by atoms with Crippen molar-refractivity contribution in [1.29, 1.82) is 0 Å². The smallest absolute Gasteiger partial charge is 0.241 e. The van der Waals surface area contributed by atoms with Gasteiger partial charge in [-0.2, -0.15) is 0 Å². The third-order valence-electron chi connectivity index (χ3n) is 4.54. The molecule has 1 aromatic carbocycles. The van der Waals surface area contributed by atoms with Gasteiger partial charge in [-0.15, -0.1) is 0 Å². The van der Waals surface area contributed by atoms with Crippen molar-refractivity contribution in [2.75, 3.05) is 6.61 Å². The van der Waals surface area contributed by atoms with E-state index in [1.807, 2.05) is 19.9 Å². The van der Waals surface area contributed by atoms with Crippen molar-refractivity contribution in [3.63, 3.8) is 0 Å². The predicted molar refractivity (Wildman–Crippen MR) is 112 cm³/mol. The molecule has 0 atom stereocenters. The van der Waals surface area contributed by atoms with E-state index in [9.17, 15) is 8.42 Å². The lowest BCUT2D eigenvalue weighted by molar-refractivity contribution is 0.299. The average molecular weight is 394 g/mol. The highest BCUT2D eigenvalue weighted by Crippen LogP contribution is 2.30. The molecular weight excluding hydrogens is 358 g/mol. The molecule has 1 fully saturated rings. The number of sulfonamides is 1. The molecule has 152 valence electrons. The standard InChI is InChI=1S/C22H35NO3S/c1-21(2,3)14-7-6-8-15-22(4,5)23-27(24,25)20-11-9-10-19(16-20)26-17-18-12-13-18/h6-7,9-11,16,18,23H,8,12-15,17H2,1-5H3/b7-6+. The zero-order valence-corrected chi connectivity index (χ0v) is 18.2. The van der Waals surface area contributed by atoms with Crippen molar-refractivity contribution in [2.24, 2.45) is 11.3 Å². The molecule has 1 aromatic rings. The molecule has 4 nitrogen and oxygen atoms in total. The number of hydrogen-bond acceptors (Lipinski definition) is 3. The van der Waals surface area contributed by atoms with Gasteiger partial charge in [-0.1, -0.05) is 39.0 Å². The molecule has 2 rings (SSSR count). The molecule has 1 aliphatic rings. The predicted octanol–water partition coefficient (Wildman–Crippen LogP) is 5.30. The first-order chi connectivity index (χ1) is 12.5. The van der Waals surface area contributed by atoms with E-state index < -0.39 is 15.6 Å². The molecule has 0 radical (unpaired) electrons. The van der Waals surface area contributed by atoms with Crippen LogP contribution >= 0.6 is 0 Å². The Labute approximate surface area is 165 Å². The Morgan fingerprint density at radius 1 is 1.15 bits per heavy atom. The van der Waals surface area contributed by atoms with E-state index in [1.54, 1.807) is 18.2 Å². The first-order valence-electron chi connectivity index (χ1n) is 9.89. The van der Waals surface area contributed by atoms with Gasteiger partial charge < -0.3 is 4.74 Å². The van der Waals surface area contributed by atoms with Crippen molar-refractivity contribution >= 4 is 10.0 Å². The van der Waals surface area contributed by atoms with E-state index in [0.29, 0.717) is 18.3 Å². The number of rotatable bonds is 10. The van der Waals surface area contributed by atoms with Gasteiger partial charge in [-0.25, -0.2) is 13.1 Å². The van der Waals surface area contributed by atoms with Crippen LogP contribution in [0.1, 0.15) is 66.7 Å². The Morgan fingerprint density at radius 3 is 2.48 bits per heavy atom. The summed E-state index contributed by atoms with van der Waals surface area (Å²) in [6.07, 6.45) is 9.35. The van der Waals surface area contributed by atoms with Gasteiger partial charge in [-0.3, -0.25) is 0 Å². The largest absolute Gasteiger partial charge is 0.493 e. The maximum absolute atomic E-state index is 12.8. The lowest BCUT2D eigenvalue weighted by Gasteiger charge is -2.25. The Bertz CT molecular complexity index is 741. The number of nitrogens with one attached hydrogen (secondary N) is 1. The average Bonchev–Trinajstić information content (AvgIpc) is 3.35. The molecule has 0 spiro atoms. The summed E-state index contributed by atoms with van der Waals surface area (Å²) >= 11 is 0. The van der Waals surface area contributed by atoms with Crippen LogP contribution in [0.4, 0.5) is 0 Å². The van der Waals surface area contributed by atoms with Crippen LogP contribution in [0.5, 0.6) is 5.75 Å². The summed E-state index contributed by atoms with van der Waals surface area (Å²) in [4.78, 5) is 0.257. The number of benzene rings is 1. The van der Waals surface area contributed by atoms with Gasteiger partial charge in [0.05, 0.1) is 11.5 Å². The maximum Gasteiger partial charge on any atom is 0.241 e. The zero-order chi connectivity index (χ0) is 20.1. The van der Waals surface area contributed by atoms with Crippen molar-refractivity contribution in [3.8, 4) is 5.75 Å². The summed E-state index contributed by atoms with van der Waals surface area (Å²) in [6, 6.07) is 6.78. The van der Waals surface area contributed by atoms with E-state index in [2.05, 4.69) is 37.6 Å². The Morgan fingerprint density at radius 2 is 1.85 bits per heavy atom. The van der Waals surface area contributed by atoms with Crippen molar-refractivity contribution in [3.05, 3.63) is 36.4 Å². The molecule has 0 amide bonds. The quantitative estimate of drug-likeness (QED) is 0.548. The minimum atomic E-state index is -3.58. The maximum atomic E-state index is 12.8. The van der Waals surface area contributed by atoms with Crippen LogP contribution in [0.2, 0.25) is 0 Å². The van der Waals surface area contributed by atoms with E-state index >= 15 is 0 Å². The second kappa shape index (κ2) is 8.78. The monoisotopic (exact) mass is 393 g/mol. The van der Waals surface area contributed by atoms with E-state index in [4.69, 9.17) is 4.74 Å². The Balaban J connectivity index is 1.92. The van der Waals surface area contributed by atoms with Gasteiger partial charge in [0.25, 0.3) is 0 Å². The molecule has 0 aliphatic heterocycles. The van der Waals surface area contributed by atoms with Gasteiger partial charge in [-0.05, 0) is 69.4 Å². The number of allylic oxidation sites excluding steroid dienone is 2. The van der Waals surface area contributed by atoms with Gasteiger partial charge in [0.1, 0.15) is 5.75 Å². The van der Waals surface area contributed by atoms with Crippen LogP contribution in [0.3, 0.4) is 0 Å². The van der Waals surface area contributed by atoms with Gasteiger partial charge in [0, 0.05) is 11.6 Å². The van der Waals surface area contributed by atoms with E-state index in [0.717, 1.165) is 19.3 Å². The Hall–Kier alpha value is -1.33. The second-order valence-corrected chi connectivity index (χ2v) is 11.2. The minimum absolute atomic E-state index is 0.257. The van der Waals surface area contributed by atoms with Crippen LogP contribution in [0.25, 0.3) is 0 Å². The van der Waals surface area contributed by atoms with Crippen LogP contribution < -0.4 is 9.46 Å². The minimum Gasteiger partial charge on any atom is -0.493 e. The highest BCUT2D eigenvalue weighted by molar-refractivity contribution is 7.89. The van der Waals surface area contributed by atoms with Crippen molar-refractivity contribution < 1.29 is 13.2 Å². The summed E-state index contributed by atoms with van der Waals surface area (Å²) in [7, 11) is -3.58. The third kappa shape index (κ3) is 8.48. The van der Waals surface area contributed by atoms with Crippen LogP contribution in [0, 0.1) is 11.3 Å². The zero-order valence-electron chi connectivity index (χ0n) is 17.4. The molecule has 0 unspecified atom stereocenters. The molecule has 1 N–H and O–H groups in total. The SMILES string of the molecule is CC(C)(C)C/C=C/CCC(C)(C)NS(=O)(=O)c1cccc(OCC2CC2)c1. The van der Waals surface area contributed by atoms with E-state index in [-0.39, 0.29) is 10.3 Å².